The van der Waals surface area contributed by atoms with E-state index in [1.54, 1.807) is 0 Å². The number of nitrogens with zero attached hydrogens (tertiary/aromatic N) is 4. The highest BCUT2D eigenvalue weighted by atomic mass is 35.5. The molecule has 0 fully saturated rings. The first-order valence-corrected chi connectivity index (χ1v) is 15.6. The van der Waals surface area contributed by atoms with Gasteiger partial charge in [-0.3, -0.25) is 20.0 Å². The van der Waals surface area contributed by atoms with Crippen molar-refractivity contribution in [2.24, 2.45) is 10.7 Å². The molecule has 0 saturated carbocycles. The molecule has 44 heavy (non-hydrogen) atoms. The number of nitrogens with two attached hydrogens (primary N) is 3. The molecule has 1 aromatic heterocycles. The molecule has 2 unspecified atom stereocenters. The van der Waals surface area contributed by atoms with Gasteiger partial charge in [0.05, 0.1) is 18.8 Å². The Morgan fingerprint density at radius 2 is 1.75 bits per heavy atom. The number of halogens is 1. The number of aryl methyl sites for hydroxylation is 1. The lowest BCUT2D eigenvalue weighted by Gasteiger charge is -2.25. The first kappa shape index (κ1) is 37.0. The predicted octanol–water partition coefficient (Wildman–Crippen LogP) is 2.12. The number of ether oxygens (including phenoxy) is 1. The topological polar surface area (TPSA) is 218 Å². The average Bonchev–Trinajstić information content (AvgIpc) is 3.00. The molecular formula is C30H49ClN8O5. The minimum atomic E-state index is -0.792. The summed E-state index contributed by atoms with van der Waals surface area (Å²) in [6.45, 7) is 4.90. The molecule has 0 aliphatic rings. The Morgan fingerprint density at radius 1 is 1.02 bits per heavy atom. The molecule has 10 N–H and O–H groups in total. The van der Waals surface area contributed by atoms with E-state index in [0.717, 1.165) is 50.8 Å². The van der Waals surface area contributed by atoms with E-state index in [1.165, 1.54) is 12.0 Å². The minimum Gasteiger partial charge on any atom is -0.492 e. The van der Waals surface area contributed by atoms with Crippen molar-refractivity contribution in [1.29, 1.82) is 0 Å². The second kappa shape index (κ2) is 20.7. The third-order valence-corrected chi connectivity index (χ3v) is 7.24. The van der Waals surface area contributed by atoms with E-state index < -0.39 is 18.1 Å². The highest BCUT2D eigenvalue weighted by molar-refractivity contribution is 6.31. The number of aliphatic imine (C=N–C) groups is 1. The maximum atomic E-state index is 12.3. The number of hydrogen-bond acceptors (Lipinski definition) is 11. The lowest BCUT2D eigenvalue weighted by molar-refractivity contribution is 0.0539. The SMILES string of the molecule is CCCCCCN(CCOc1ccc(CCCCN=C(N)NC(=O)c2nc(Cl)c(N)nc2N)cc1)CC(O)CCC(O)CO. The Bertz CT molecular complexity index is 1160. The second-order valence-corrected chi connectivity index (χ2v) is 11.1. The average molecular weight is 637 g/mol. The minimum absolute atomic E-state index is 0.0554. The molecule has 13 nitrogen and oxygen atoms in total. The standard InChI is InChI=1S/C30H49ClN8O5/c1-2-3-4-7-16-39(19-22(41)11-12-23(42)20-40)17-18-44-24-13-9-21(10-14-24)8-5-6-15-35-30(34)38-29(43)25-27(32)37-28(33)26(31)36-25/h9-10,13-14,22-23,40-42H,2-8,11-12,15-20H2,1H3,(H4,32,33,37)(H3,34,35,38,43). The van der Waals surface area contributed by atoms with Gasteiger partial charge in [0, 0.05) is 19.6 Å². The molecule has 0 saturated heterocycles. The number of aliphatic hydroxyl groups excluding tert-OH is 3. The number of anilines is 2. The van der Waals surface area contributed by atoms with Crippen LogP contribution in [0.15, 0.2) is 29.3 Å². The largest absolute Gasteiger partial charge is 0.492 e. The smallest absolute Gasteiger partial charge is 0.280 e. The van der Waals surface area contributed by atoms with E-state index in [2.05, 4.69) is 32.1 Å². The van der Waals surface area contributed by atoms with Crippen LogP contribution in [-0.2, 0) is 6.42 Å². The van der Waals surface area contributed by atoms with Crippen LogP contribution in [0.5, 0.6) is 5.75 Å². The summed E-state index contributed by atoms with van der Waals surface area (Å²) >= 11 is 5.81. The van der Waals surface area contributed by atoms with Gasteiger partial charge >= 0.3 is 0 Å². The number of carbonyl (C=O) groups is 1. The van der Waals surface area contributed by atoms with Gasteiger partial charge in [0.25, 0.3) is 5.91 Å². The lowest BCUT2D eigenvalue weighted by atomic mass is 10.1. The van der Waals surface area contributed by atoms with Crippen LogP contribution in [0.25, 0.3) is 0 Å². The normalized spacial score (nSPS) is 13.2. The lowest BCUT2D eigenvalue weighted by Crippen LogP contribution is -2.38. The van der Waals surface area contributed by atoms with Crippen molar-refractivity contribution in [1.82, 2.24) is 20.2 Å². The molecule has 246 valence electrons. The van der Waals surface area contributed by atoms with Gasteiger partial charge in [-0.2, -0.15) is 0 Å². The molecule has 1 amide bonds. The van der Waals surface area contributed by atoms with Crippen molar-refractivity contribution in [3.63, 3.8) is 0 Å². The van der Waals surface area contributed by atoms with Crippen LogP contribution in [-0.4, -0.2) is 93.7 Å². The molecule has 0 radical (unpaired) electrons. The van der Waals surface area contributed by atoms with E-state index in [0.29, 0.717) is 39.1 Å². The fourth-order valence-corrected chi connectivity index (χ4v) is 4.56. The zero-order valence-corrected chi connectivity index (χ0v) is 26.4. The summed E-state index contributed by atoms with van der Waals surface area (Å²) in [7, 11) is 0. The van der Waals surface area contributed by atoms with E-state index in [9.17, 15) is 15.0 Å². The molecule has 1 heterocycles. The van der Waals surface area contributed by atoms with Gasteiger partial charge in [-0.1, -0.05) is 49.9 Å². The van der Waals surface area contributed by atoms with Crippen LogP contribution in [0.3, 0.4) is 0 Å². The Kier molecular flexibility index (Phi) is 17.4. The highest BCUT2D eigenvalue weighted by Crippen LogP contribution is 2.17. The summed E-state index contributed by atoms with van der Waals surface area (Å²) in [6, 6.07) is 7.98. The molecule has 1 aromatic carbocycles. The zero-order chi connectivity index (χ0) is 32.3. The molecule has 0 spiro atoms. The van der Waals surface area contributed by atoms with Crippen molar-refractivity contribution < 1.29 is 24.9 Å². The van der Waals surface area contributed by atoms with Crippen molar-refractivity contribution in [3.05, 3.63) is 40.7 Å². The first-order valence-electron chi connectivity index (χ1n) is 15.2. The van der Waals surface area contributed by atoms with Gasteiger partial charge in [0.15, 0.2) is 28.4 Å². The molecule has 2 aromatic rings. The van der Waals surface area contributed by atoms with Gasteiger partial charge < -0.3 is 37.3 Å². The van der Waals surface area contributed by atoms with Gasteiger partial charge in [0.2, 0.25) is 0 Å². The van der Waals surface area contributed by atoms with Crippen molar-refractivity contribution >= 4 is 35.1 Å². The van der Waals surface area contributed by atoms with Crippen LogP contribution in [0.4, 0.5) is 11.6 Å². The summed E-state index contributed by atoms with van der Waals surface area (Å²) in [5, 5.41) is 31.3. The van der Waals surface area contributed by atoms with Crippen LogP contribution in [0.1, 0.15) is 74.3 Å². The van der Waals surface area contributed by atoms with E-state index in [4.69, 9.17) is 38.6 Å². The number of hydrogen-bond donors (Lipinski definition) is 7. The number of benzene rings is 1. The zero-order valence-electron chi connectivity index (χ0n) is 25.6. The van der Waals surface area contributed by atoms with Crippen LogP contribution >= 0.6 is 11.6 Å². The van der Waals surface area contributed by atoms with Crippen LogP contribution in [0, 0.1) is 0 Å². The number of aliphatic hydroxyl groups is 3. The maximum Gasteiger partial charge on any atom is 0.280 e. The monoisotopic (exact) mass is 636 g/mol. The second-order valence-electron chi connectivity index (χ2n) is 10.7. The van der Waals surface area contributed by atoms with Gasteiger partial charge in [0.1, 0.15) is 12.4 Å². The Balaban J connectivity index is 1.71. The fourth-order valence-electron chi connectivity index (χ4n) is 4.43. The molecule has 0 aliphatic heterocycles. The molecule has 14 heteroatoms. The van der Waals surface area contributed by atoms with E-state index >= 15 is 0 Å². The number of unbranched alkanes of at least 4 members (excludes halogenated alkanes) is 4. The third kappa shape index (κ3) is 14.5. The molecule has 2 atom stereocenters. The van der Waals surface area contributed by atoms with Crippen molar-refractivity contribution in [2.75, 3.05) is 50.9 Å². The van der Waals surface area contributed by atoms with Crippen molar-refractivity contribution in [2.45, 2.75) is 76.9 Å². The number of nitrogens with one attached hydrogen (secondary N) is 1. The van der Waals surface area contributed by atoms with Crippen LogP contribution in [0.2, 0.25) is 5.15 Å². The molecular weight excluding hydrogens is 588 g/mol. The fraction of sp³-hybridized carbons (Fsp3) is 0.600. The van der Waals surface area contributed by atoms with Crippen LogP contribution < -0.4 is 27.3 Å². The first-order chi connectivity index (χ1) is 21.1. The predicted molar refractivity (Wildman–Crippen MR) is 174 cm³/mol. The molecule has 0 bridgehead atoms. The number of amides is 1. The molecule has 0 aliphatic carbocycles. The quantitative estimate of drug-likeness (QED) is 0.0597. The van der Waals surface area contributed by atoms with Gasteiger partial charge in [-0.25, -0.2) is 9.97 Å². The number of carbonyl (C=O) groups excluding carboxylic acids is 1. The number of nitrogen functional groups attached to an aromatic ring is 2. The Labute approximate surface area is 264 Å². The Hall–Kier alpha value is -3.23. The summed E-state index contributed by atoms with van der Waals surface area (Å²) in [5.74, 6) is -0.168. The number of aromatic nitrogens is 2. The highest BCUT2D eigenvalue weighted by Gasteiger charge is 2.17. The van der Waals surface area contributed by atoms with Gasteiger partial charge in [-0.15, -0.1) is 0 Å². The summed E-state index contributed by atoms with van der Waals surface area (Å²) in [4.78, 5) is 26.3. The van der Waals surface area contributed by atoms with Crippen molar-refractivity contribution in [3.8, 4) is 5.75 Å². The maximum absolute atomic E-state index is 12.3. The third-order valence-electron chi connectivity index (χ3n) is 6.96. The number of guanidine groups is 1. The number of rotatable bonds is 21. The van der Waals surface area contributed by atoms with E-state index in [-0.39, 0.29) is 35.0 Å². The Morgan fingerprint density at radius 3 is 2.45 bits per heavy atom. The molecule has 2 rings (SSSR count). The summed E-state index contributed by atoms with van der Waals surface area (Å²) in [6.07, 6.45) is 6.52. The van der Waals surface area contributed by atoms with Gasteiger partial charge in [-0.05, 0) is 62.8 Å². The summed E-state index contributed by atoms with van der Waals surface area (Å²) in [5.41, 5.74) is 18.0. The summed E-state index contributed by atoms with van der Waals surface area (Å²) < 4.78 is 5.98. The van der Waals surface area contributed by atoms with E-state index in [1.807, 2.05) is 24.3 Å².